The molecule has 4 heteroatoms. The smallest absolute Gasteiger partial charge is 0.127 e. The number of nitrogens with two attached hydrogens (primary N) is 1. The van der Waals surface area contributed by atoms with Gasteiger partial charge in [0, 0.05) is 13.2 Å². The van der Waals surface area contributed by atoms with Gasteiger partial charge in [-0.1, -0.05) is 6.07 Å². The molecule has 0 saturated carbocycles. The molecule has 17 heavy (non-hydrogen) atoms. The van der Waals surface area contributed by atoms with Crippen LogP contribution in [0.5, 0.6) is 11.5 Å². The SMILES string of the molecule is COc1cccc(OC)c1C(N)CC(C)OC. The van der Waals surface area contributed by atoms with Crippen molar-refractivity contribution in [1.82, 2.24) is 0 Å². The fourth-order valence-electron chi connectivity index (χ4n) is 1.82. The summed E-state index contributed by atoms with van der Waals surface area (Å²) in [6.45, 7) is 1.99. The summed E-state index contributed by atoms with van der Waals surface area (Å²) in [6.07, 6.45) is 0.812. The Morgan fingerprint density at radius 3 is 2.06 bits per heavy atom. The second-order valence-electron chi connectivity index (χ2n) is 3.96. The number of hydrogen-bond donors (Lipinski definition) is 1. The highest BCUT2D eigenvalue weighted by Crippen LogP contribution is 2.34. The van der Waals surface area contributed by atoms with Crippen molar-refractivity contribution in [2.75, 3.05) is 21.3 Å². The Kier molecular flexibility index (Phi) is 5.25. The van der Waals surface area contributed by atoms with Crippen LogP contribution in [-0.2, 0) is 4.74 Å². The van der Waals surface area contributed by atoms with E-state index in [4.69, 9.17) is 19.9 Å². The molecule has 0 heterocycles. The molecule has 0 amide bonds. The van der Waals surface area contributed by atoms with Gasteiger partial charge in [-0.15, -0.1) is 0 Å². The van der Waals surface area contributed by atoms with Crippen molar-refractivity contribution in [2.45, 2.75) is 25.5 Å². The van der Waals surface area contributed by atoms with Gasteiger partial charge in [0.1, 0.15) is 11.5 Å². The zero-order valence-corrected chi connectivity index (χ0v) is 10.9. The highest BCUT2D eigenvalue weighted by atomic mass is 16.5. The first-order chi connectivity index (χ1) is 8.13. The lowest BCUT2D eigenvalue weighted by molar-refractivity contribution is 0.104. The van der Waals surface area contributed by atoms with Crippen LogP contribution in [0, 0.1) is 0 Å². The molecule has 2 N–H and O–H groups in total. The minimum Gasteiger partial charge on any atom is -0.496 e. The molecule has 0 saturated heterocycles. The van der Waals surface area contributed by atoms with Crippen molar-refractivity contribution in [3.05, 3.63) is 23.8 Å². The Bertz CT molecular complexity index is 332. The van der Waals surface area contributed by atoms with Crippen LogP contribution in [0.15, 0.2) is 18.2 Å². The monoisotopic (exact) mass is 239 g/mol. The van der Waals surface area contributed by atoms with E-state index in [0.717, 1.165) is 17.1 Å². The fourth-order valence-corrected chi connectivity index (χ4v) is 1.82. The van der Waals surface area contributed by atoms with Gasteiger partial charge in [-0.05, 0) is 25.5 Å². The van der Waals surface area contributed by atoms with E-state index in [9.17, 15) is 0 Å². The van der Waals surface area contributed by atoms with Crippen molar-refractivity contribution in [2.24, 2.45) is 5.73 Å². The summed E-state index contributed by atoms with van der Waals surface area (Å²) in [5.74, 6) is 1.50. The summed E-state index contributed by atoms with van der Waals surface area (Å²) in [7, 11) is 4.94. The first kappa shape index (κ1) is 13.8. The molecule has 0 aliphatic heterocycles. The Balaban J connectivity index is 3.00. The van der Waals surface area contributed by atoms with Crippen LogP contribution in [0.1, 0.15) is 24.9 Å². The normalized spacial score (nSPS) is 14.2. The second-order valence-corrected chi connectivity index (χ2v) is 3.96. The average molecular weight is 239 g/mol. The molecule has 0 aliphatic carbocycles. The molecule has 0 aromatic heterocycles. The predicted molar refractivity (Wildman–Crippen MR) is 67.6 cm³/mol. The van der Waals surface area contributed by atoms with E-state index >= 15 is 0 Å². The summed E-state index contributed by atoms with van der Waals surface area (Å²) < 4.78 is 15.9. The number of ether oxygens (including phenoxy) is 3. The van der Waals surface area contributed by atoms with Gasteiger partial charge in [0.15, 0.2) is 0 Å². The first-order valence-corrected chi connectivity index (χ1v) is 5.63. The van der Waals surface area contributed by atoms with Crippen LogP contribution >= 0.6 is 0 Å². The molecule has 1 aromatic rings. The maximum Gasteiger partial charge on any atom is 0.127 e. The minimum atomic E-state index is -0.170. The Morgan fingerprint density at radius 2 is 1.65 bits per heavy atom. The topological polar surface area (TPSA) is 53.7 Å². The maximum atomic E-state index is 6.18. The first-order valence-electron chi connectivity index (χ1n) is 5.63. The third-order valence-electron chi connectivity index (χ3n) is 2.82. The van der Waals surface area contributed by atoms with Crippen LogP contribution in [0.2, 0.25) is 0 Å². The summed E-state index contributed by atoms with van der Waals surface area (Å²) in [6, 6.07) is 5.48. The number of benzene rings is 1. The van der Waals surface area contributed by atoms with Gasteiger partial charge in [0.25, 0.3) is 0 Å². The number of hydrogen-bond acceptors (Lipinski definition) is 4. The Labute approximate surface area is 103 Å². The molecule has 96 valence electrons. The van der Waals surface area contributed by atoms with Gasteiger partial charge < -0.3 is 19.9 Å². The van der Waals surface area contributed by atoms with Gasteiger partial charge in [0.2, 0.25) is 0 Å². The highest BCUT2D eigenvalue weighted by Gasteiger charge is 2.19. The lowest BCUT2D eigenvalue weighted by Gasteiger charge is -2.21. The van der Waals surface area contributed by atoms with E-state index in [-0.39, 0.29) is 12.1 Å². The van der Waals surface area contributed by atoms with Gasteiger partial charge >= 0.3 is 0 Å². The van der Waals surface area contributed by atoms with Crippen molar-refractivity contribution < 1.29 is 14.2 Å². The molecule has 1 rings (SSSR count). The summed E-state index contributed by atoms with van der Waals surface area (Å²) >= 11 is 0. The van der Waals surface area contributed by atoms with Crippen LogP contribution in [0.25, 0.3) is 0 Å². The van der Waals surface area contributed by atoms with E-state index in [0.29, 0.717) is 6.42 Å². The Morgan fingerprint density at radius 1 is 1.12 bits per heavy atom. The van der Waals surface area contributed by atoms with Crippen LogP contribution in [-0.4, -0.2) is 27.4 Å². The largest absolute Gasteiger partial charge is 0.496 e. The average Bonchev–Trinajstić information content (AvgIpc) is 2.37. The molecule has 1 aromatic carbocycles. The zero-order valence-electron chi connectivity index (χ0n) is 10.9. The van der Waals surface area contributed by atoms with Gasteiger partial charge in [-0.3, -0.25) is 0 Å². The van der Waals surface area contributed by atoms with E-state index in [1.807, 2.05) is 25.1 Å². The zero-order chi connectivity index (χ0) is 12.8. The lowest BCUT2D eigenvalue weighted by Crippen LogP contribution is -2.19. The molecule has 0 aliphatic rings. The van der Waals surface area contributed by atoms with Crippen molar-refractivity contribution in [1.29, 1.82) is 0 Å². The molecule has 0 spiro atoms. The highest BCUT2D eigenvalue weighted by molar-refractivity contribution is 5.46. The second kappa shape index (κ2) is 6.47. The lowest BCUT2D eigenvalue weighted by atomic mass is 10.00. The third-order valence-corrected chi connectivity index (χ3v) is 2.82. The summed E-state index contributed by atoms with van der Waals surface area (Å²) in [5, 5.41) is 0. The van der Waals surface area contributed by atoms with E-state index in [2.05, 4.69) is 0 Å². The summed E-state index contributed by atoms with van der Waals surface area (Å²) in [5.41, 5.74) is 7.07. The molecule has 0 fully saturated rings. The fraction of sp³-hybridized carbons (Fsp3) is 0.538. The molecular formula is C13H21NO3. The van der Waals surface area contributed by atoms with Crippen LogP contribution < -0.4 is 15.2 Å². The van der Waals surface area contributed by atoms with Crippen molar-refractivity contribution >= 4 is 0 Å². The molecule has 0 radical (unpaired) electrons. The molecule has 2 atom stereocenters. The Hall–Kier alpha value is -1.26. The molecule has 2 unspecified atom stereocenters. The van der Waals surface area contributed by atoms with Gasteiger partial charge in [-0.25, -0.2) is 0 Å². The van der Waals surface area contributed by atoms with Gasteiger partial charge in [-0.2, -0.15) is 0 Å². The third kappa shape index (κ3) is 3.35. The number of methoxy groups -OCH3 is 3. The number of rotatable bonds is 6. The van der Waals surface area contributed by atoms with E-state index in [1.54, 1.807) is 21.3 Å². The molecule has 4 nitrogen and oxygen atoms in total. The molecular weight excluding hydrogens is 218 g/mol. The van der Waals surface area contributed by atoms with Crippen molar-refractivity contribution in [3.8, 4) is 11.5 Å². The van der Waals surface area contributed by atoms with Crippen LogP contribution in [0.4, 0.5) is 0 Å². The minimum absolute atomic E-state index is 0.0969. The van der Waals surface area contributed by atoms with Gasteiger partial charge in [0.05, 0.1) is 25.9 Å². The quantitative estimate of drug-likeness (QED) is 0.826. The maximum absolute atomic E-state index is 6.18. The van der Waals surface area contributed by atoms with Crippen molar-refractivity contribution in [3.63, 3.8) is 0 Å². The molecule has 0 bridgehead atoms. The van der Waals surface area contributed by atoms with E-state index in [1.165, 1.54) is 0 Å². The standard InChI is InChI=1S/C13H21NO3/c1-9(15-2)8-10(14)13-11(16-3)6-5-7-12(13)17-4/h5-7,9-10H,8,14H2,1-4H3. The summed E-state index contributed by atoms with van der Waals surface area (Å²) in [4.78, 5) is 0. The van der Waals surface area contributed by atoms with Crippen LogP contribution in [0.3, 0.4) is 0 Å². The van der Waals surface area contributed by atoms with E-state index < -0.39 is 0 Å². The predicted octanol–water partition coefficient (Wildman–Crippen LogP) is 2.13.